The highest BCUT2D eigenvalue weighted by atomic mass is 16.6. The van der Waals surface area contributed by atoms with Crippen molar-refractivity contribution in [3.63, 3.8) is 0 Å². The fraction of sp³-hybridized carbons (Fsp3) is 0.731. The van der Waals surface area contributed by atoms with E-state index in [9.17, 15) is 14.7 Å². The van der Waals surface area contributed by atoms with Crippen molar-refractivity contribution in [2.45, 2.75) is 302 Å². The first-order chi connectivity index (χ1) is 35.6. The fourth-order valence-electron chi connectivity index (χ4n) is 8.77. The van der Waals surface area contributed by atoms with Gasteiger partial charge in [-0.05, 0) is 96.3 Å². The third kappa shape index (κ3) is 59.4. The molecule has 1 atom stereocenters. The molecule has 5 nitrogen and oxygen atoms in total. The second-order valence-corrected chi connectivity index (χ2v) is 20.4. The van der Waals surface area contributed by atoms with Gasteiger partial charge in [-0.2, -0.15) is 0 Å². The number of hydrogen-bond acceptors (Lipinski definition) is 5. The Morgan fingerprint density at radius 1 is 0.333 bits per heavy atom. The minimum Gasteiger partial charge on any atom is -0.462 e. The van der Waals surface area contributed by atoms with Crippen molar-refractivity contribution >= 4 is 11.9 Å². The molecule has 1 unspecified atom stereocenters. The van der Waals surface area contributed by atoms with Gasteiger partial charge in [-0.15, -0.1) is 0 Å². The lowest BCUT2D eigenvalue weighted by molar-refractivity contribution is -0.161. The van der Waals surface area contributed by atoms with Crippen LogP contribution in [0.4, 0.5) is 0 Å². The minimum absolute atomic E-state index is 0.0859. The molecule has 0 saturated carbocycles. The van der Waals surface area contributed by atoms with Crippen LogP contribution in [0.5, 0.6) is 0 Å². The van der Waals surface area contributed by atoms with Gasteiger partial charge in [-0.1, -0.05) is 284 Å². The summed E-state index contributed by atoms with van der Waals surface area (Å²) in [4.78, 5) is 24.5. The zero-order chi connectivity index (χ0) is 52.0. The Morgan fingerprint density at radius 3 is 0.931 bits per heavy atom. The highest BCUT2D eigenvalue weighted by Crippen LogP contribution is 2.17. The van der Waals surface area contributed by atoms with Crippen molar-refractivity contribution in [2.75, 3.05) is 13.2 Å². The first-order valence-corrected chi connectivity index (χ1v) is 30.8. The lowest BCUT2D eigenvalue weighted by atomic mass is 10.0. The Hall–Kier alpha value is -3.18. The van der Waals surface area contributed by atoms with Gasteiger partial charge in [0.05, 0.1) is 6.61 Å². The predicted molar refractivity (Wildman–Crippen MR) is 316 cm³/mol. The Kier molecular flexibility index (Phi) is 59.4. The maximum Gasteiger partial charge on any atom is 0.306 e. The summed E-state index contributed by atoms with van der Waals surface area (Å²) in [6.45, 7) is 4.00. The fourth-order valence-corrected chi connectivity index (χ4v) is 8.77. The molecule has 0 amide bonds. The molecule has 5 heteroatoms. The summed E-state index contributed by atoms with van der Waals surface area (Å²) in [6, 6.07) is 0. The van der Waals surface area contributed by atoms with Crippen LogP contribution in [0.2, 0.25) is 0 Å². The summed E-state index contributed by atoms with van der Waals surface area (Å²) in [6.07, 6.45) is 88.5. The lowest BCUT2D eigenvalue weighted by Crippen LogP contribution is -2.28. The number of ether oxygens (including phenoxy) is 2. The summed E-state index contributed by atoms with van der Waals surface area (Å²) in [7, 11) is 0. The number of carbonyl (C=O) groups is 2. The quantitative estimate of drug-likeness (QED) is 0.0373. The van der Waals surface area contributed by atoms with Crippen LogP contribution in [0.1, 0.15) is 296 Å². The van der Waals surface area contributed by atoms with E-state index in [0.29, 0.717) is 12.8 Å². The minimum atomic E-state index is -0.800. The highest BCUT2D eigenvalue weighted by molar-refractivity contribution is 5.70. The van der Waals surface area contributed by atoms with Crippen molar-refractivity contribution in [3.05, 3.63) is 97.2 Å². The smallest absolute Gasteiger partial charge is 0.306 e. The Balaban J connectivity index is 3.47. The van der Waals surface area contributed by atoms with Crippen LogP contribution < -0.4 is 0 Å². The molecule has 0 bridgehead atoms. The summed E-state index contributed by atoms with van der Waals surface area (Å²) in [5.41, 5.74) is 0. The first kappa shape index (κ1) is 68.8. The summed E-state index contributed by atoms with van der Waals surface area (Å²) < 4.78 is 10.7. The van der Waals surface area contributed by atoms with Gasteiger partial charge < -0.3 is 14.6 Å². The zero-order valence-electron chi connectivity index (χ0n) is 47.4. The normalized spacial score (nSPS) is 12.9. The third-order valence-electron chi connectivity index (χ3n) is 13.4. The molecule has 0 aromatic carbocycles. The number of aliphatic hydroxyl groups is 1. The molecule has 0 aromatic heterocycles. The predicted octanol–water partition coefficient (Wildman–Crippen LogP) is 21.1. The number of unbranched alkanes of at least 4 members (excludes halogenated alkanes) is 32. The maximum atomic E-state index is 12.3. The molecule has 0 rings (SSSR count). The Bertz CT molecular complexity index is 1360. The molecule has 0 aliphatic rings. The van der Waals surface area contributed by atoms with Gasteiger partial charge in [0, 0.05) is 12.8 Å². The second kappa shape index (κ2) is 62.1. The van der Waals surface area contributed by atoms with Crippen molar-refractivity contribution in [1.82, 2.24) is 0 Å². The summed E-state index contributed by atoms with van der Waals surface area (Å²) in [5.74, 6) is -0.636. The number of hydrogen-bond donors (Lipinski definition) is 1. The topological polar surface area (TPSA) is 72.8 Å². The summed E-state index contributed by atoms with van der Waals surface area (Å²) in [5, 5.41) is 9.65. The molecule has 0 saturated heterocycles. The third-order valence-corrected chi connectivity index (χ3v) is 13.4. The number of esters is 2. The molecule has 0 aliphatic carbocycles. The molecule has 0 radical (unpaired) electrons. The van der Waals surface area contributed by atoms with E-state index < -0.39 is 6.10 Å². The summed E-state index contributed by atoms with van der Waals surface area (Å²) >= 11 is 0. The Labute approximate surface area is 447 Å². The molecule has 0 aliphatic heterocycles. The number of rotatable bonds is 56. The SMILES string of the molecule is CC/C=C\C/C=C\C/C=C\C/C=C\C/C=C\C/C=C\CCCCC(=O)OC(CO)COC(=O)CCCCCCCCCCCCCCCCCCCCCCCCCCC/C=C\C/C=C\CCCCCCC. The maximum absolute atomic E-state index is 12.3. The molecule has 414 valence electrons. The van der Waals surface area contributed by atoms with Gasteiger partial charge >= 0.3 is 11.9 Å². The largest absolute Gasteiger partial charge is 0.462 e. The molecule has 0 heterocycles. The van der Waals surface area contributed by atoms with Crippen LogP contribution in [0.25, 0.3) is 0 Å². The molecule has 1 N–H and O–H groups in total. The lowest BCUT2D eigenvalue weighted by Gasteiger charge is -2.15. The van der Waals surface area contributed by atoms with Crippen LogP contribution in [0, 0.1) is 0 Å². The Morgan fingerprint density at radius 2 is 0.597 bits per heavy atom. The zero-order valence-corrected chi connectivity index (χ0v) is 47.4. The van der Waals surface area contributed by atoms with Crippen LogP contribution in [0.3, 0.4) is 0 Å². The standard InChI is InChI=1S/C67H116O5/c1-3-5-7-9-11-13-15-17-19-21-23-25-26-27-28-29-30-31-32-33-34-35-36-37-38-39-40-42-43-45-47-49-51-53-55-57-59-61-66(69)71-64-65(63-68)72-67(70)62-60-58-56-54-52-50-48-46-44-41-24-22-20-18-16-14-12-10-8-6-4-2/h6,8,12,14-15,17-18,20-21,23-24,41,46,48,52,54,65,68H,3-5,7,9-11,13,16,19,22,25-40,42-45,47,49-51,53,55-64H2,1-2H3/b8-6-,14-12-,17-15-,20-18-,23-21-,41-24-,48-46-,54-52-. The van der Waals surface area contributed by atoms with Gasteiger partial charge in [0.15, 0.2) is 6.10 Å². The molecular weight excluding hydrogens is 885 g/mol. The van der Waals surface area contributed by atoms with Crippen molar-refractivity contribution < 1.29 is 24.2 Å². The van der Waals surface area contributed by atoms with Gasteiger partial charge in [-0.3, -0.25) is 9.59 Å². The molecule has 0 fully saturated rings. The van der Waals surface area contributed by atoms with E-state index in [1.807, 2.05) is 0 Å². The van der Waals surface area contributed by atoms with Crippen LogP contribution in [-0.4, -0.2) is 36.4 Å². The number of aliphatic hydroxyl groups excluding tert-OH is 1. The van der Waals surface area contributed by atoms with E-state index in [2.05, 4.69) is 111 Å². The molecular formula is C67H116O5. The second-order valence-electron chi connectivity index (χ2n) is 20.4. The monoisotopic (exact) mass is 1000 g/mol. The molecule has 0 spiro atoms. The molecule has 0 aromatic rings. The van der Waals surface area contributed by atoms with E-state index in [1.54, 1.807) is 0 Å². The van der Waals surface area contributed by atoms with Crippen molar-refractivity contribution in [2.24, 2.45) is 0 Å². The number of carbonyl (C=O) groups excluding carboxylic acids is 2. The van der Waals surface area contributed by atoms with Crippen molar-refractivity contribution in [1.29, 1.82) is 0 Å². The van der Waals surface area contributed by atoms with Gasteiger partial charge in [0.25, 0.3) is 0 Å². The van der Waals surface area contributed by atoms with Gasteiger partial charge in [0.1, 0.15) is 6.61 Å². The highest BCUT2D eigenvalue weighted by Gasteiger charge is 2.16. The van der Waals surface area contributed by atoms with Crippen molar-refractivity contribution in [3.8, 4) is 0 Å². The van der Waals surface area contributed by atoms with Crippen LogP contribution in [-0.2, 0) is 19.1 Å². The van der Waals surface area contributed by atoms with Crippen LogP contribution in [0.15, 0.2) is 97.2 Å². The average Bonchev–Trinajstić information content (AvgIpc) is 3.38. The van der Waals surface area contributed by atoms with Gasteiger partial charge in [0.2, 0.25) is 0 Å². The van der Waals surface area contributed by atoms with E-state index in [4.69, 9.17) is 9.47 Å². The van der Waals surface area contributed by atoms with E-state index in [-0.39, 0.29) is 25.2 Å². The van der Waals surface area contributed by atoms with E-state index in [1.165, 1.54) is 186 Å². The first-order valence-electron chi connectivity index (χ1n) is 30.8. The van der Waals surface area contributed by atoms with Crippen LogP contribution >= 0.6 is 0 Å². The van der Waals surface area contributed by atoms with Gasteiger partial charge in [-0.25, -0.2) is 0 Å². The average molecular weight is 1000 g/mol. The molecule has 72 heavy (non-hydrogen) atoms. The van der Waals surface area contributed by atoms with E-state index >= 15 is 0 Å². The number of allylic oxidation sites excluding steroid dienone is 16. The van der Waals surface area contributed by atoms with E-state index in [0.717, 1.165) is 83.5 Å².